The van der Waals surface area contributed by atoms with E-state index in [2.05, 4.69) is 0 Å². The molecule has 3 aromatic carbocycles. The summed E-state index contributed by atoms with van der Waals surface area (Å²) in [5, 5.41) is 18.2. The zero-order chi connectivity index (χ0) is 33.0. The van der Waals surface area contributed by atoms with Gasteiger partial charge in [-0.2, -0.15) is 0 Å². The predicted molar refractivity (Wildman–Crippen MR) is 177 cm³/mol. The molecule has 0 spiro atoms. The van der Waals surface area contributed by atoms with E-state index in [1.165, 1.54) is 0 Å². The van der Waals surface area contributed by atoms with Crippen LogP contribution < -0.4 is 18.9 Å². The van der Waals surface area contributed by atoms with Gasteiger partial charge in [-0.15, -0.1) is 0 Å². The van der Waals surface area contributed by atoms with E-state index < -0.39 is 11.9 Å². The van der Waals surface area contributed by atoms with E-state index in [1.807, 2.05) is 54.6 Å². The molecule has 0 bridgehead atoms. The van der Waals surface area contributed by atoms with Crippen molar-refractivity contribution in [1.29, 1.82) is 0 Å². The Morgan fingerprint density at radius 1 is 0.723 bits per heavy atom. The number of aryl methyl sites for hydroxylation is 1. The van der Waals surface area contributed by atoms with Gasteiger partial charge in [0, 0.05) is 18.8 Å². The first-order chi connectivity index (χ1) is 22.9. The molecule has 1 saturated carbocycles. The molecule has 0 radical (unpaired) electrons. The molecule has 1 fully saturated rings. The van der Waals surface area contributed by atoms with E-state index in [0.717, 1.165) is 80.0 Å². The van der Waals surface area contributed by atoms with Gasteiger partial charge >= 0.3 is 11.9 Å². The number of aliphatic carboxylic acids is 2. The number of hydrogen-bond donors (Lipinski definition) is 2. The van der Waals surface area contributed by atoms with E-state index in [1.54, 1.807) is 0 Å². The van der Waals surface area contributed by atoms with E-state index in [0.29, 0.717) is 48.0 Å². The fourth-order valence-corrected chi connectivity index (χ4v) is 6.46. The van der Waals surface area contributed by atoms with Crippen molar-refractivity contribution >= 4 is 17.7 Å². The summed E-state index contributed by atoms with van der Waals surface area (Å²) in [5.41, 5.74) is 4.35. The molecule has 0 unspecified atom stereocenters. The van der Waals surface area contributed by atoms with Crippen LogP contribution in [0.1, 0.15) is 92.1 Å². The largest absolute Gasteiger partial charge is 0.493 e. The van der Waals surface area contributed by atoms with Gasteiger partial charge in [-0.25, -0.2) is 0 Å². The summed E-state index contributed by atoms with van der Waals surface area (Å²) in [6.07, 6.45) is 9.21. The van der Waals surface area contributed by atoms with Crippen LogP contribution in [0, 0.1) is 5.92 Å². The first kappa shape index (κ1) is 33.8. The van der Waals surface area contributed by atoms with Crippen LogP contribution in [0.5, 0.6) is 23.0 Å². The summed E-state index contributed by atoms with van der Waals surface area (Å²) in [7, 11) is 0. The quantitative estimate of drug-likeness (QED) is 0.0988. The van der Waals surface area contributed by atoms with Gasteiger partial charge in [0.05, 0.1) is 18.8 Å². The van der Waals surface area contributed by atoms with Crippen LogP contribution in [0.3, 0.4) is 0 Å². The Kier molecular flexibility index (Phi) is 12.1. The minimum absolute atomic E-state index is 0.000934. The van der Waals surface area contributed by atoms with E-state index >= 15 is 0 Å². The van der Waals surface area contributed by atoms with Crippen LogP contribution in [0.15, 0.2) is 54.6 Å². The lowest BCUT2D eigenvalue weighted by Crippen LogP contribution is -2.14. The van der Waals surface area contributed by atoms with Crippen molar-refractivity contribution < 1.29 is 43.5 Å². The van der Waals surface area contributed by atoms with Crippen molar-refractivity contribution in [2.24, 2.45) is 5.92 Å². The number of hydrogen-bond acceptors (Lipinski definition) is 7. The Balaban J connectivity index is 1.17. The third-order valence-electron chi connectivity index (χ3n) is 8.89. The fourth-order valence-electron chi connectivity index (χ4n) is 6.46. The average molecular weight is 645 g/mol. The summed E-state index contributed by atoms with van der Waals surface area (Å²) < 4.78 is 23.3. The van der Waals surface area contributed by atoms with Crippen LogP contribution in [0.4, 0.5) is 0 Å². The summed E-state index contributed by atoms with van der Waals surface area (Å²) in [6.45, 7) is 0.959. The van der Waals surface area contributed by atoms with Crippen LogP contribution in [-0.4, -0.2) is 47.9 Å². The number of rotatable bonds is 19. The maximum Gasteiger partial charge on any atom is 0.303 e. The maximum absolute atomic E-state index is 13.8. The van der Waals surface area contributed by atoms with Gasteiger partial charge in [0.25, 0.3) is 0 Å². The Morgan fingerprint density at radius 3 is 2.23 bits per heavy atom. The highest BCUT2D eigenvalue weighted by atomic mass is 16.7. The molecular weight excluding hydrogens is 600 g/mol. The number of ketones is 1. The molecule has 2 N–H and O–H groups in total. The summed E-state index contributed by atoms with van der Waals surface area (Å²) in [4.78, 5) is 36.0. The lowest BCUT2D eigenvalue weighted by molar-refractivity contribution is -0.138. The Bertz CT molecular complexity index is 1540. The fraction of sp³-hybridized carbons (Fsp3) is 0.447. The Hall–Kier alpha value is -4.53. The summed E-state index contributed by atoms with van der Waals surface area (Å²) in [6, 6.07) is 17.3. The number of fused-ring (bicyclic) bond motifs is 1. The highest BCUT2D eigenvalue weighted by Crippen LogP contribution is 2.41. The first-order valence-electron chi connectivity index (χ1n) is 16.8. The third kappa shape index (κ3) is 9.27. The van der Waals surface area contributed by atoms with Gasteiger partial charge in [-0.1, -0.05) is 56.0 Å². The van der Waals surface area contributed by atoms with E-state index in [4.69, 9.17) is 24.1 Å². The second-order valence-corrected chi connectivity index (χ2v) is 12.2. The van der Waals surface area contributed by atoms with Gasteiger partial charge < -0.3 is 29.2 Å². The molecule has 1 heterocycles. The topological polar surface area (TPSA) is 129 Å². The van der Waals surface area contributed by atoms with Crippen molar-refractivity contribution in [3.63, 3.8) is 0 Å². The number of Topliss-reactive ketones (excluding diaryl/α,β-unsaturated/α-hetero) is 1. The number of carbonyl (C=O) groups excluding carboxylic acids is 1. The van der Waals surface area contributed by atoms with Crippen LogP contribution >= 0.6 is 0 Å². The molecule has 0 aromatic heterocycles. The number of unbranched alkanes of at least 4 members (excludes halogenated alkanes) is 3. The molecule has 1 aliphatic heterocycles. The van der Waals surface area contributed by atoms with Crippen molar-refractivity contribution in [2.75, 3.05) is 20.0 Å². The smallest absolute Gasteiger partial charge is 0.303 e. The molecule has 47 heavy (non-hydrogen) atoms. The monoisotopic (exact) mass is 644 g/mol. The molecular formula is C38H44O9. The summed E-state index contributed by atoms with van der Waals surface area (Å²) >= 11 is 0. The minimum atomic E-state index is -0.869. The second-order valence-electron chi connectivity index (χ2n) is 12.2. The Morgan fingerprint density at radius 2 is 1.43 bits per heavy atom. The Labute approximate surface area is 275 Å². The van der Waals surface area contributed by atoms with Crippen LogP contribution in [0.2, 0.25) is 0 Å². The zero-order valence-electron chi connectivity index (χ0n) is 26.8. The van der Waals surface area contributed by atoms with Gasteiger partial charge in [0.1, 0.15) is 11.5 Å². The lowest BCUT2D eigenvalue weighted by Gasteiger charge is -2.18. The third-order valence-corrected chi connectivity index (χ3v) is 8.89. The normalized spacial score (nSPS) is 13.9. The highest BCUT2D eigenvalue weighted by Gasteiger charge is 2.29. The average Bonchev–Trinajstić information content (AvgIpc) is 3.78. The predicted octanol–water partition coefficient (Wildman–Crippen LogP) is 7.90. The second kappa shape index (κ2) is 16.9. The standard InChI is InChI=1S/C38H44O9/c39-35(40)17-9-23-44-31-15-7-13-26(29(31)19-21-36(41)42)10-3-1-2-6-22-45-33-16-8-14-30(37(33)38(43)27-11-4-5-12-27)28-18-20-32-34(24-28)47-25-46-32/h7-8,13-16,18,20,24,27H,1-6,9-12,17,19,21-23,25H2,(H,39,40)(H,41,42). The molecule has 1 aliphatic carbocycles. The number of ether oxygens (including phenoxy) is 4. The van der Waals surface area contributed by atoms with Gasteiger partial charge in [0.15, 0.2) is 17.3 Å². The minimum Gasteiger partial charge on any atom is -0.493 e. The first-order valence-corrected chi connectivity index (χ1v) is 16.8. The van der Waals surface area contributed by atoms with Crippen molar-refractivity contribution in [2.45, 2.75) is 83.5 Å². The number of carbonyl (C=O) groups is 3. The number of benzene rings is 3. The summed E-state index contributed by atoms with van der Waals surface area (Å²) in [5.74, 6) is 1.07. The van der Waals surface area contributed by atoms with Crippen molar-refractivity contribution in [1.82, 2.24) is 0 Å². The molecule has 5 rings (SSSR count). The highest BCUT2D eigenvalue weighted by molar-refractivity contribution is 6.06. The zero-order valence-corrected chi connectivity index (χ0v) is 26.8. The van der Waals surface area contributed by atoms with Crippen molar-refractivity contribution in [3.05, 3.63) is 71.3 Å². The number of carboxylic acid groups (broad SMARTS) is 2. The molecule has 0 saturated heterocycles. The van der Waals surface area contributed by atoms with Gasteiger partial charge in [-0.3, -0.25) is 14.4 Å². The van der Waals surface area contributed by atoms with Crippen LogP contribution in [-0.2, 0) is 22.4 Å². The van der Waals surface area contributed by atoms with E-state index in [9.17, 15) is 19.5 Å². The number of carboxylic acids is 2. The molecule has 0 atom stereocenters. The molecule has 9 heteroatoms. The molecule has 9 nitrogen and oxygen atoms in total. The molecule has 2 aliphatic rings. The van der Waals surface area contributed by atoms with Crippen molar-refractivity contribution in [3.8, 4) is 34.1 Å². The maximum atomic E-state index is 13.8. The van der Waals surface area contributed by atoms with Gasteiger partial charge in [0.2, 0.25) is 6.79 Å². The molecule has 3 aromatic rings. The van der Waals surface area contributed by atoms with E-state index in [-0.39, 0.29) is 37.9 Å². The molecule has 250 valence electrons. The SMILES string of the molecule is O=C(O)CCCOc1cccc(CCCCCCOc2cccc(-c3ccc4c(c3)OCO4)c2C(=O)C2CCCC2)c1CCC(=O)O. The van der Waals surface area contributed by atoms with Crippen LogP contribution in [0.25, 0.3) is 11.1 Å². The molecule has 0 amide bonds. The van der Waals surface area contributed by atoms with Gasteiger partial charge in [-0.05, 0) is 91.5 Å². The lowest BCUT2D eigenvalue weighted by atomic mass is 9.89.